The average Bonchev–Trinajstić information content (AvgIpc) is 2.39. The van der Waals surface area contributed by atoms with E-state index in [0.717, 1.165) is 0 Å². The zero-order chi connectivity index (χ0) is 12.8. The molecule has 0 aromatic heterocycles. The first kappa shape index (κ1) is 14.0. The van der Waals surface area contributed by atoms with Gasteiger partial charge in [0, 0.05) is 17.0 Å². The summed E-state index contributed by atoms with van der Waals surface area (Å²) in [6.07, 6.45) is 6.60. The van der Waals surface area contributed by atoms with Crippen molar-refractivity contribution >= 4 is 11.8 Å². The van der Waals surface area contributed by atoms with E-state index in [-0.39, 0.29) is 0 Å². The minimum Gasteiger partial charge on any atom is -0.307 e. The lowest BCUT2D eigenvalue weighted by Gasteiger charge is -2.29. The van der Waals surface area contributed by atoms with E-state index in [1.807, 2.05) is 11.8 Å². The fourth-order valence-corrected chi connectivity index (χ4v) is 3.77. The molecular formula is C16H25NS. The Morgan fingerprint density at radius 1 is 1.33 bits per heavy atom. The van der Waals surface area contributed by atoms with Crippen molar-refractivity contribution in [2.75, 3.05) is 5.75 Å². The molecule has 0 saturated heterocycles. The highest BCUT2D eigenvalue weighted by Crippen LogP contribution is 2.36. The van der Waals surface area contributed by atoms with Crippen LogP contribution in [-0.4, -0.2) is 11.8 Å². The Labute approximate surface area is 116 Å². The smallest absolute Gasteiger partial charge is 0.0341 e. The normalized spacial score (nSPS) is 20.4. The molecule has 2 heteroatoms. The third kappa shape index (κ3) is 3.76. The molecule has 2 unspecified atom stereocenters. The van der Waals surface area contributed by atoms with Crippen LogP contribution in [0.15, 0.2) is 29.2 Å². The van der Waals surface area contributed by atoms with Crippen LogP contribution in [0.25, 0.3) is 0 Å². The predicted octanol–water partition coefficient (Wildman–Crippen LogP) is 4.78. The molecule has 1 nitrogen and oxygen atoms in total. The lowest BCUT2D eigenvalue weighted by atomic mass is 10.0. The third-order valence-corrected chi connectivity index (χ3v) is 4.81. The second kappa shape index (κ2) is 7.20. The number of hydrogen-bond donors (Lipinski definition) is 1. The van der Waals surface area contributed by atoms with Gasteiger partial charge >= 0.3 is 0 Å². The summed E-state index contributed by atoms with van der Waals surface area (Å²) in [4.78, 5) is 1.47. The number of thioether (sulfide) groups is 1. The summed E-state index contributed by atoms with van der Waals surface area (Å²) < 4.78 is 0. The van der Waals surface area contributed by atoms with Gasteiger partial charge in [0.25, 0.3) is 0 Å². The van der Waals surface area contributed by atoms with E-state index in [2.05, 4.69) is 43.4 Å². The first-order valence-electron chi connectivity index (χ1n) is 7.29. The zero-order valence-corrected chi connectivity index (χ0v) is 12.4. The molecule has 0 amide bonds. The Hall–Kier alpha value is -0.470. The fraction of sp³-hybridized carbons (Fsp3) is 0.625. The van der Waals surface area contributed by atoms with E-state index in [1.54, 1.807) is 0 Å². The Morgan fingerprint density at radius 3 is 3.00 bits per heavy atom. The minimum atomic E-state index is 0.569. The lowest BCUT2D eigenvalue weighted by Crippen LogP contribution is -2.32. The molecule has 1 heterocycles. The molecule has 0 radical (unpaired) electrons. The molecule has 0 aliphatic carbocycles. The molecule has 0 bridgehead atoms. The molecule has 1 aliphatic heterocycles. The SMILES string of the molecule is CCCCCC(C)NC1CCSc2ccccc21. The molecule has 0 fully saturated rings. The molecule has 1 aliphatic rings. The quantitative estimate of drug-likeness (QED) is 0.741. The molecule has 0 spiro atoms. The van der Waals surface area contributed by atoms with Crippen LogP contribution in [0, 0.1) is 0 Å². The van der Waals surface area contributed by atoms with E-state index in [1.165, 1.54) is 48.3 Å². The van der Waals surface area contributed by atoms with Gasteiger partial charge in [0.1, 0.15) is 0 Å². The van der Waals surface area contributed by atoms with Gasteiger partial charge in [-0.05, 0) is 37.1 Å². The van der Waals surface area contributed by atoms with Crippen molar-refractivity contribution in [2.45, 2.75) is 62.9 Å². The number of rotatable bonds is 6. The topological polar surface area (TPSA) is 12.0 Å². The van der Waals surface area contributed by atoms with Gasteiger partial charge < -0.3 is 5.32 Å². The van der Waals surface area contributed by atoms with Crippen LogP contribution in [0.1, 0.15) is 57.6 Å². The summed E-state index contributed by atoms with van der Waals surface area (Å²) in [5, 5.41) is 3.82. The fourth-order valence-electron chi connectivity index (χ4n) is 2.64. The molecule has 1 aromatic rings. The van der Waals surface area contributed by atoms with Gasteiger partial charge in [-0.25, -0.2) is 0 Å². The number of benzene rings is 1. The van der Waals surface area contributed by atoms with E-state index in [9.17, 15) is 0 Å². The maximum Gasteiger partial charge on any atom is 0.0341 e. The van der Waals surface area contributed by atoms with Crippen LogP contribution in [-0.2, 0) is 0 Å². The van der Waals surface area contributed by atoms with Crippen molar-refractivity contribution < 1.29 is 0 Å². The van der Waals surface area contributed by atoms with Crippen LogP contribution in [0.5, 0.6) is 0 Å². The second-order valence-electron chi connectivity index (χ2n) is 5.29. The van der Waals surface area contributed by atoms with E-state index in [4.69, 9.17) is 0 Å². The molecule has 1 N–H and O–H groups in total. The molecule has 2 rings (SSSR count). The molecule has 2 atom stereocenters. The molecule has 0 saturated carbocycles. The molecule has 100 valence electrons. The summed E-state index contributed by atoms with van der Waals surface area (Å²) in [6, 6.07) is 10.1. The first-order valence-corrected chi connectivity index (χ1v) is 8.27. The van der Waals surface area contributed by atoms with Gasteiger partial charge in [0.2, 0.25) is 0 Å². The van der Waals surface area contributed by atoms with Crippen molar-refractivity contribution in [1.29, 1.82) is 0 Å². The highest BCUT2D eigenvalue weighted by atomic mass is 32.2. The highest BCUT2D eigenvalue weighted by molar-refractivity contribution is 7.99. The Morgan fingerprint density at radius 2 is 2.17 bits per heavy atom. The first-order chi connectivity index (χ1) is 8.81. The van der Waals surface area contributed by atoms with Gasteiger partial charge in [-0.3, -0.25) is 0 Å². The minimum absolute atomic E-state index is 0.569. The number of unbranched alkanes of at least 4 members (excludes halogenated alkanes) is 2. The summed E-state index contributed by atoms with van der Waals surface area (Å²) in [7, 11) is 0. The largest absolute Gasteiger partial charge is 0.307 e. The maximum atomic E-state index is 3.82. The number of nitrogens with one attached hydrogen (secondary N) is 1. The van der Waals surface area contributed by atoms with Crippen LogP contribution in [0.2, 0.25) is 0 Å². The Kier molecular flexibility index (Phi) is 5.58. The van der Waals surface area contributed by atoms with E-state index >= 15 is 0 Å². The maximum absolute atomic E-state index is 3.82. The zero-order valence-electron chi connectivity index (χ0n) is 11.6. The summed E-state index contributed by atoms with van der Waals surface area (Å²) in [5.74, 6) is 1.25. The number of fused-ring (bicyclic) bond motifs is 1. The van der Waals surface area contributed by atoms with E-state index < -0.39 is 0 Å². The standard InChI is InChI=1S/C16H25NS/c1-3-4-5-8-13(2)17-15-11-12-18-16-10-7-6-9-14(15)16/h6-7,9-10,13,15,17H,3-5,8,11-12H2,1-2H3. The second-order valence-corrected chi connectivity index (χ2v) is 6.43. The van der Waals surface area contributed by atoms with Gasteiger partial charge in [-0.15, -0.1) is 11.8 Å². The van der Waals surface area contributed by atoms with Gasteiger partial charge in [0.15, 0.2) is 0 Å². The van der Waals surface area contributed by atoms with Crippen LogP contribution in [0.4, 0.5) is 0 Å². The summed E-state index contributed by atoms with van der Waals surface area (Å²) >= 11 is 2.00. The molecule has 18 heavy (non-hydrogen) atoms. The monoisotopic (exact) mass is 263 g/mol. The van der Waals surface area contributed by atoms with Crippen molar-refractivity contribution in [3.63, 3.8) is 0 Å². The van der Waals surface area contributed by atoms with Gasteiger partial charge in [-0.1, -0.05) is 44.4 Å². The highest BCUT2D eigenvalue weighted by Gasteiger charge is 2.21. The van der Waals surface area contributed by atoms with Crippen molar-refractivity contribution in [3.05, 3.63) is 29.8 Å². The molecular weight excluding hydrogens is 238 g/mol. The van der Waals surface area contributed by atoms with Crippen LogP contribution < -0.4 is 5.32 Å². The van der Waals surface area contributed by atoms with Crippen molar-refractivity contribution in [3.8, 4) is 0 Å². The van der Waals surface area contributed by atoms with Gasteiger partial charge in [0.05, 0.1) is 0 Å². The molecule has 1 aromatic carbocycles. The summed E-state index contributed by atoms with van der Waals surface area (Å²) in [6.45, 7) is 4.60. The van der Waals surface area contributed by atoms with E-state index in [0.29, 0.717) is 12.1 Å². The lowest BCUT2D eigenvalue weighted by molar-refractivity contribution is 0.411. The van der Waals surface area contributed by atoms with Crippen LogP contribution >= 0.6 is 11.8 Å². The van der Waals surface area contributed by atoms with Crippen LogP contribution in [0.3, 0.4) is 0 Å². The van der Waals surface area contributed by atoms with Gasteiger partial charge in [-0.2, -0.15) is 0 Å². The summed E-state index contributed by atoms with van der Waals surface area (Å²) in [5.41, 5.74) is 1.51. The van der Waals surface area contributed by atoms with Crippen molar-refractivity contribution in [1.82, 2.24) is 5.32 Å². The third-order valence-electron chi connectivity index (χ3n) is 3.68. The van der Waals surface area contributed by atoms with Crippen molar-refractivity contribution in [2.24, 2.45) is 0 Å². The number of hydrogen-bond acceptors (Lipinski definition) is 2. The predicted molar refractivity (Wildman–Crippen MR) is 81.3 cm³/mol. The Bertz CT molecular complexity index is 364. The average molecular weight is 263 g/mol. The Balaban J connectivity index is 1.90.